The number of ether oxygens (including phenoxy) is 1. The first kappa shape index (κ1) is 15.8. The topological polar surface area (TPSA) is 29.5 Å². The number of rotatable bonds is 5. The van der Waals surface area contributed by atoms with Crippen LogP contribution in [0, 0.1) is 17.3 Å². The molecule has 20 heavy (non-hydrogen) atoms. The van der Waals surface area contributed by atoms with Gasteiger partial charge < -0.3 is 9.64 Å². The van der Waals surface area contributed by atoms with E-state index in [4.69, 9.17) is 4.74 Å². The van der Waals surface area contributed by atoms with Gasteiger partial charge in [0.1, 0.15) is 0 Å². The lowest BCUT2D eigenvalue weighted by molar-refractivity contribution is -0.142. The van der Waals surface area contributed by atoms with Gasteiger partial charge in [-0.15, -0.1) is 0 Å². The lowest BCUT2D eigenvalue weighted by atomic mass is 9.69. The highest BCUT2D eigenvalue weighted by Crippen LogP contribution is 2.46. The molecule has 3 heteroatoms. The van der Waals surface area contributed by atoms with Crippen molar-refractivity contribution in [1.29, 1.82) is 0 Å². The van der Waals surface area contributed by atoms with Gasteiger partial charge in [0.05, 0.1) is 7.11 Å². The third kappa shape index (κ3) is 3.97. The molecule has 0 N–H and O–H groups in total. The van der Waals surface area contributed by atoms with Crippen molar-refractivity contribution in [2.45, 2.75) is 58.8 Å². The van der Waals surface area contributed by atoms with Crippen LogP contribution in [0.2, 0.25) is 0 Å². The van der Waals surface area contributed by atoms with E-state index in [-0.39, 0.29) is 5.97 Å². The van der Waals surface area contributed by atoms with Gasteiger partial charge in [-0.2, -0.15) is 0 Å². The molecule has 2 rings (SSSR count). The molecule has 0 aromatic heterocycles. The Morgan fingerprint density at radius 3 is 2.65 bits per heavy atom. The van der Waals surface area contributed by atoms with Crippen LogP contribution in [-0.4, -0.2) is 37.6 Å². The molecule has 1 heterocycles. The van der Waals surface area contributed by atoms with Crippen molar-refractivity contribution >= 4 is 5.97 Å². The van der Waals surface area contributed by atoms with E-state index in [9.17, 15) is 4.79 Å². The monoisotopic (exact) mass is 281 g/mol. The third-order valence-corrected chi connectivity index (χ3v) is 5.63. The Labute approximate surface area is 124 Å². The van der Waals surface area contributed by atoms with E-state index in [1.807, 2.05) is 0 Å². The second-order valence-corrected chi connectivity index (χ2v) is 7.22. The number of carbonyl (C=O) groups is 1. The number of hydrogen-bond acceptors (Lipinski definition) is 3. The summed E-state index contributed by atoms with van der Waals surface area (Å²) in [6.07, 6.45) is 8.33. The zero-order valence-corrected chi connectivity index (χ0v) is 13.5. The molecular formula is C17H31NO2. The summed E-state index contributed by atoms with van der Waals surface area (Å²) in [5.74, 6) is 1.35. The van der Waals surface area contributed by atoms with Gasteiger partial charge in [-0.3, -0.25) is 4.79 Å². The summed E-state index contributed by atoms with van der Waals surface area (Å²) in [5.41, 5.74) is 0.570. The molecule has 3 nitrogen and oxygen atoms in total. The molecule has 1 aliphatic carbocycles. The maximum atomic E-state index is 11.4. The summed E-state index contributed by atoms with van der Waals surface area (Å²) >= 11 is 0. The highest BCUT2D eigenvalue weighted by molar-refractivity contribution is 5.69. The SMILES string of the molecule is CCC(C)CN1CCC2(CCC(CC(=O)OC)CC2)C1. The van der Waals surface area contributed by atoms with Crippen molar-refractivity contribution in [2.24, 2.45) is 17.3 Å². The summed E-state index contributed by atoms with van der Waals surface area (Å²) in [7, 11) is 1.50. The molecule has 116 valence electrons. The van der Waals surface area contributed by atoms with Crippen molar-refractivity contribution in [3.05, 3.63) is 0 Å². The Hall–Kier alpha value is -0.570. The maximum absolute atomic E-state index is 11.4. The van der Waals surface area contributed by atoms with Gasteiger partial charge in [-0.25, -0.2) is 0 Å². The van der Waals surface area contributed by atoms with Crippen LogP contribution in [0.15, 0.2) is 0 Å². The van der Waals surface area contributed by atoms with Crippen molar-refractivity contribution < 1.29 is 9.53 Å². The Morgan fingerprint density at radius 1 is 1.35 bits per heavy atom. The molecule has 1 aliphatic heterocycles. The molecule has 0 aromatic carbocycles. The lowest BCUT2D eigenvalue weighted by Crippen LogP contribution is -2.33. The molecule has 1 saturated carbocycles. The predicted octanol–water partition coefficient (Wildman–Crippen LogP) is 3.48. The molecule has 1 unspecified atom stereocenters. The molecule has 0 aromatic rings. The van der Waals surface area contributed by atoms with Crippen LogP contribution in [0.25, 0.3) is 0 Å². The Bertz CT molecular complexity index is 321. The first-order valence-corrected chi connectivity index (χ1v) is 8.36. The van der Waals surface area contributed by atoms with Crippen LogP contribution in [-0.2, 0) is 9.53 Å². The summed E-state index contributed by atoms with van der Waals surface area (Å²) < 4.78 is 4.80. The Balaban J connectivity index is 1.77. The fourth-order valence-corrected chi connectivity index (χ4v) is 3.97. The number of likely N-dealkylation sites (tertiary alicyclic amines) is 1. The highest BCUT2D eigenvalue weighted by atomic mass is 16.5. The highest BCUT2D eigenvalue weighted by Gasteiger charge is 2.41. The van der Waals surface area contributed by atoms with Crippen LogP contribution in [0.5, 0.6) is 0 Å². The Morgan fingerprint density at radius 2 is 2.05 bits per heavy atom. The second kappa shape index (κ2) is 6.93. The van der Waals surface area contributed by atoms with Gasteiger partial charge in [-0.05, 0) is 55.9 Å². The van der Waals surface area contributed by atoms with Gasteiger partial charge in [0.25, 0.3) is 0 Å². The summed E-state index contributed by atoms with van der Waals surface area (Å²) in [6.45, 7) is 8.49. The number of carbonyl (C=O) groups excluding carboxylic acids is 1. The molecule has 2 fully saturated rings. The number of nitrogens with zero attached hydrogens (tertiary/aromatic N) is 1. The van der Waals surface area contributed by atoms with Crippen LogP contribution in [0.1, 0.15) is 58.8 Å². The zero-order chi connectivity index (χ0) is 14.6. The number of methoxy groups -OCH3 is 1. The first-order valence-electron chi connectivity index (χ1n) is 8.36. The fourth-order valence-electron chi connectivity index (χ4n) is 3.97. The first-order chi connectivity index (χ1) is 9.57. The lowest BCUT2D eigenvalue weighted by Gasteiger charge is -2.37. The van der Waals surface area contributed by atoms with Crippen molar-refractivity contribution in [1.82, 2.24) is 4.90 Å². The summed E-state index contributed by atoms with van der Waals surface area (Å²) in [6, 6.07) is 0. The smallest absolute Gasteiger partial charge is 0.305 e. The average Bonchev–Trinajstić information content (AvgIpc) is 2.84. The van der Waals surface area contributed by atoms with E-state index >= 15 is 0 Å². The van der Waals surface area contributed by atoms with E-state index in [2.05, 4.69) is 18.7 Å². The van der Waals surface area contributed by atoms with E-state index in [1.165, 1.54) is 65.3 Å². The summed E-state index contributed by atoms with van der Waals surface area (Å²) in [4.78, 5) is 14.0. The standard InChI is InChI=1S/C17H31NO2/c1-4-14(2)12-18-10-9-17(13-18)7-5-15(6-8-17)11-16(19)20-3/h14-15H,4-13H2,1-3H3. The van der Waals surface area contributed by atoms with Gasteiger partial charge in [0, 0.05) is 19.5 Å². The van der Waals surface area contributed by atoms with Gasteiger partial charge in [0.2, 0.25) is 0 Å². The van der Waals surface area contributed by atoms with Crippen molar-refractivity contribution in [3.63, 3.8) is 0 Å². The summed E-state index contributed by atoms with van der Waals surface area (Å²) in [5, 5.41) is 0. The van der Waals surface area contributed by atoms with Crippen molar-refractivity contribution in [3.8, 4) is 0 Å². The van der Waals surface area contributed by atoms with E-state index in [0.29, 0.717) is 17.8 Å². The minimum absolute atomic E-state index is 0.0317. The molecule has 0 amide bonds. The molecule has 2 aliphatic rings. The molecule has 1 saturated heterocycles. The molecule has 0 bridgehead atoms. The minimum atomic E-state index is -0.0317. The normalized spacial score (nSPS) is 32.5. The number of esters is 1. The van der Waals surface area contributed by atoms with Gasteiger partial charge >= 0.3 is 5.97 Å². The van der Waals surface area contributed by atoms with Crippen LogP contribution < -0.4 is 0 Å². The molecular weight excluding hydrogens is 250 g/mol. The van der Waals surface area contributed by atoms with Gasteiger partial charge in [-0.1, -0.05) is 20.3 Å². The van der Waals surface area contributed by atoms with E-state index < -0.39 is 0 Å². The van der Waals surface area contributed by atoms with Crippen LogP contribution in [0.4, 0.5) is 0 Å². The van der Waals surface area contributed by atoms with Crippen LogP contribution >= 0.6 is 0 Å². The average molecular weight is 281 g/mol. The fraction of sp³-hybridized carbons (Fsp3) is 0.941. The quantitative estimate of drug-likeness (QED) is 0.723. The predicted molar refractivity (Wildman–Crippen MR) is 81.5 cm³/mol. The zero-order valence-electron chi connectivity index (χ0n) is 13.5. The van der Waals surface area contributed by atoms with E-state index in [1.54, 1.807) is 0 Å². The van der Waals surface area contributed by atoms with Crippen molar-refractivity contribution in [2.75, 3.05) is 26.7 Å². The van der Waals surface area contributed by atoms with Gasteiger partial charge in [0.15, 0.2) is 0 Å². The second-order valence-electron chi connectivity index (χ2n) is 7.22. The number of hydrogen-bond donors (Lipinski definition) is 0. The van der Waals surface area contributed by atoms with Crippen LogP contribution in [0.3, 0.4) is 0 Å². The third-order valence-electron chi connectivity index (χ3n) is 5.63. The Kier molecular flexibility index (Phi) is 5.48. The molecule has 1 atom stereocenters. The molecule has 1 spiro atoms. The maximum Gasteiger partial charge on any atom is 0.305 e. The van der Waals surface area contributed by atoms with E-state index in [0.717, 1.165) is 5.92 Å². The largest absolute Gasteiger partial charge is 0.469 e. The molecule has 0 radical (unpaired) electrons. The minimum Gasteiger partial charge on any atom is -0.469 e.